The molecule has 7 heteroatoms. The number of hydrogen-bond acceptors (Lipinski definition) is 5. The fourth-order valence-electron chi connectivity index (χ4n) is 3.72. The Labute approximate surface area is 143 Å². The van der Waals surface area contributed by atoms with E-state index >= 15 is 0 Å². The minimum absolute atomic E-state index is 0.137. The highest BCUT2D eigenvalue weighted by molar-refractivity contribution is 5.82. The largest absolute Gasteiger partial charge is 0.382 e. The molecule has 1 aromatic heterocycles. The smallest absolute Gasteiger partial charge is 0.226 e. The van der Waals surface area contributed by atoms with E-state index in [9.17, 15) is 4.79 Å². The molecule has 1 atom stereocenters. The van der Waals surface area contributed by atoms with Crippen molar-refractivity contribution in [2.75, 3.05) is 26.4 Å². The Balaban J connectivity index is 1.53. The van der Waals surface area contributed by atoms with Gasteiger partial charge in [0.05, 0.1) is 30.8 Å². The van der Waals surface area contributed by atoms with Crippen LogP contribution in [0.3, 0.4) is 0 Å². The van der Waals surface area contributed by atoms with Gasteiger partial charge in [-0.05, 0) is 32.6 Å². The predicted molar refractivity (Wildman–Crippen MR) is 88.4 cm³/mol. The van der Waals surface area contributed by atoms with Crippen molar-refractivity contribution in [2.45, 2.75) is 58.0 Å². The number of aromatic nitrogens is 3. The molecule has 24 heavy (non-hydrogen) atoms. The lowest BCUT2D eigenvalue weighted by Crippen LogP contribution is -2.39. The minimum Gasteiger partial charge on any atom is -0.382 e. The normalized spacial score (nSPS) is 22.8. The first-order valence-electron chi connectivity index (χ1n) is 9.08. The average Bonchev–Trinajstić information content (AvgIpc) is 3.33. The van der Waals surface area contributed by atoms with Gasteiger partial charge in [-0.15, -0.1) is 5.10 Å². The van der Waals surface area contributed by atoms with Gasteiger partial charge >= 0.3 is 0 Å². The molecule has 1 aliphatic heterocycles. The number of carbonyl (C=O) groups excluding carboxylic acids is 1. The quantitative estimate of drug-likeness (QED) is 0.733. The predicted octanol–water partition coefficient (Wildman–Crippen LogP) is 1.84. The Morgan fingerprint density at radius 3 is 3.04 bits per heavy atom. The third kappa shape index (κ3) is 3.95. The summed E-state index contributed by atoms with van der Waals surface area (Å²) in [7, 11) is 0. The van der Waals surface area contributed by atoms with Gasteiger partial charge in [0.2, 0.25) is 5.91 Å². The molecule has 1 saturated carbocycles. The highest BCUT2D eigenvalue weighted by Gasteiger charge is 2.40. The summed E-state index contributed by atoms with van der Waals surface area (Å²) in [5, 5.41) is 11.4. The molecule has 2 fully saturated rings. The zero-order valence-corrected chi connectivity index (χ0v) is 14.5. The van der Waals surface area contributed by atoms with Crippen molar-refractivity contribution >= 4 is 5.91 Å². The maximum atomic E-state index is 12.8. The maximum Gasteiger partial charge on any atom is 0.226 e. The minimum atomic E-state index is -0.259. The van der Waals surface area contributed by atoms with Gasteiger partial charge < -0.3 is 14.8 Å². The van der Waals surface area contributed by atoms with E-state index in [1.54, 1.807) is 0 Å². The molecule has 2 aliphatic rings. The van der Waals surface area contributed by atoms with Crippen LogP contribution in [0.1, 0.15) is 57.2 Å². The van der Waals surface area contributed by atoms with Crippen LogP contribution in [0.15, 0.2) is 6.20 Å². The molecule has 2 heterocycles. The first-order valence-corrected chi connectivity index (χ1v) is 9.08. The summed E-state index contributed by atoms with van der Waals surface area (Å²) < 4.78 is 12.7. The molecule has 1 aliphatic carbocycles. The lowest BCUT2D eigenvalue weighted by atomic mass is 9.82. The first-order chi connectivity index (χ1) is 11.7. The van der Waals surface area contributed by atoms with Gasteiger partial charge in [0, 0.05) is 19.8 Å². The van der Waals surface area contributed by atoms with Crippen LogP contribution in [-0.2, 0) is 20.8 Å². The van der Waals surface area contributed by atoms with Gasteiger partial charge in [-0.2, -0.15) is 0 Å². The Kier molecular flexibility index (Phi) is 5.84. The van der Waals surface area contributed by atoms with Crippen LogP contribution in [0.5, 0.6) is 0 Å². The van der Waals surface area contributed by atoms with Crippen LogP contribution in [0, 0.1) is 5.41 Å². The fraction of sp³-hybridized carbons (Fsp3) is 0.824. The lowest BCUT2D eigenvalue weighted by molar-refractivity contribution is -0.132. The molecule has 3 rings (SSSR count). The summed E-state index contributed by atoms with van der Waals surface area (Å²) >= 11 is 0. The van der Waals surface area contributed by atoms with Gasteiger partial charge in [-0.25, -0.2) is 4.68 Å². The second kappa shape index (κ2) is 8.07. The number of nitrogens with one attached hydrogen (secondary N) is 1. The summed E-state index contributed by atoms with van der Waals surface area (Å²) in [6.45, 7) is 5.24. The third-order valence-electron chi connectivity index (χ3n) is 5.24. The van der Waals surface area contributed by atoms with Gasteiger partial charge in [-0.3, -0.25) is 4.79 Å². The number of nitrogens with zero attached hydrogens (tertiary/aromatic N) is 3. The molecule has 0 unspecified atom stereocenters. The Bertz CT molecular complexity index is 534. The second-order valence-corrected chi connectivity index (χ2v) is 6.82. The zero-order valence-electron chi connectivity index (χ0n) is 14.5. The molecule has 7 nitrogen and oxygen atoms in total. The highest BCUT2D eigenvalue weighted by atomic mass is 16.5. The fourth-order valence-corrected chi connectivity index (χ4v) is 3.72. The molecule has 0 spiro atoms. The number of carbonyl (C=O) groups is 1. The molecule has 1 aromatic rings. The SMILES string of the molecule is CCOCCC1(C(=O)NCc2cn([C@H]3CCOC3)nn2)CCCC1. The van der Waals surface area contributed by atoms with Crippen LogP contribution in [0.25, 0.3) is 0 Å². The molecule has 1 saturated heterocycles. The molecular formula is C17H28N4O3. The van der Waals surface area contributed by atoms with E-state index in [0.29, 0.717) is 26.4 Å². The molecule has 1 N–H and O–H groups in total. The summed E-state index contributed by atoms with van der Waals surface area (Å²) in [6, 6.07) is 0.273. The Hall–Kier alpha value is -1.47. The van der Waals surface area contributed by atoms with Crippen molar-refractivity contribution in [3.05, 3.63) is 11.9 Å². The van der Waals surface area contributed by atoms with Crippen molar-refractivity contribution in [2.24, 2.45) is 5.41 Å². The van der Waals surface area contributed by atoms with Crippen molar-refractivity contribution in [3.63, 3.8) is 0 Å². The van der Waals surface area contributed by atoms with Crippen molar-refractivity contribution in [3.8, 4) is 0 Å². The topological polar surface area (TPSA) is 78.3 Å². The van der Waals surface area contributed by atoms with Gasteiger partial charge in [0.15, 0.2) is 0 Å². The monoisotopic (exact) mass is 336 g/mol. The van der Waals surface area contributed by atoms with Crippen LogP contribution < -0.4 is 5.32 Å². The van der Waals surface area contributed by atoms with Crippen molar-refractivity contribution in [1.29, 1.82) is 0 Å². The van der Waals surface area contributed by atoms with Gasteiger partial charge in [0.25, 0.3) is 0 Å². The third-order valence-corrected chi connectivity index (χ3v) is 5.24. The molecule has 0 bridgehead atoms. The van der Waals surface area contributed by atoms with E-state index in [1.165, 1.54) is 0 Å². The number of ether oxygens (including phenoxy) is 2. The van der Waals surface area contributed by atoms with Crippen molar-refractivity contribution < 1.29 is 14.3 Å². The van der Waals surface area contributed by atoms with E-state index in [0.717, 1.165) is 50.8 Å². The summed E-state index contributed by atoms with van der Waals surface area (Å²) in [6.07, 6.45) is 7.85. The first kappa shape index (κ1) is 17.4. The van der Waals surface area contributed by atoms with E-state index in [4.69, 9.17) is 9.47 Å². The van der Waals surface area contributed by atoms with Crippen molar-refractivity contribution in [1.82, 2.24) is 20.3 Å². The highest BCUT2D eigenvalue weighted by Crippen LogP contribution is 2.41. The average molecular weight is 336 g/mol. The van der Waals surface area contributed by atoms with E-state index in [2.05, 4.69) is 15.6 Å². The molecular weight excluding hydrogens is 308 g/mol. The van der Waals surface area contributed by atoms with Crippen LogP contribution in [0.2, 0.25) is 0 Å². The number of rotatable bonds is 8. The summed E-state index contributed by atoms with van der Waals surface area (Å²) in [4.78, 5) is 12.8. The van der Waals surface area contributed by atoms with Crippen LogP contribution >= 0.6 is 0 Å². The summed E-state index contributed by atoms with van der Waals surface area (Å²) in [5.41, 5.74) is 0.540. The molecule has 0 aromatic carbocycles. The zero-order chi connectivity index (χ0) is 16.8. The maximum absolute atomic E-state index is 12.8. The standard InChI is InChI=1S/C17H28N4O3/c1-2-23-10-8-17(6-3-4-7-17)16(22)18-11-14-12-21(20-19-14)15-5-9-24-13-15/h12,15H,2-11,13H2,1H3,(H,18,22)/t15-/m0/s1. The van der Waals surface area contributed by atoms with Crippen LogP contribution in [-0.4, -0.2) is 47.3 Å². The molecule has 1 amide bonds. The van der Waals surface area contributed by atoms with E-state index < -0.39 is 0 Å². The number of amides is 1. The second-order valence-electron chi connectivity index (χ2n) is 6.82. The van der Waals surface area contributed by atoms with Crippen LogP contribution in [0.4, 0.5) is 0 Å². The summed E-state index contributed by atoms with van der Waals surface area (Å²) in [5.74, 6) is 0.137. The van der Waals surface area contributed by atoms with E-state index in [-0.39, 0.29) is 17.4 Å². The molecule has 0 radical (unpaired) electrons. The van der Waals surface area contributed by atoms with Gasteiger partial charge in [-0.1, -0.05) is 18.1 Å². The lowest BCUT2D eigenvalue weighted by Gasteiger charge is -2.27. The Morgan fingerprint density at radius 2 is 2.33 bits per heavy atom. The molecule has 134 valence electrons. The van der Waals surface area contributed by atoms with Gasteiger partial charge in [0.1, 0.15) is 5.69 Å². The Morgan fingerprint density at radius 1 is 1.50 bits per heavy atom. The van der Waals surface area contributed by atoms with E-state index in [1.807, 2.05) is 17.8 Å². The number of hydrogen-bond donors (Lipinski definition) is 1.